The maximum Gasteiger partial charge on any atom is 0.226 e. The Bertz CT molecular complexity index is 693. The van der Waals surface area contributed by atoms with E-state index >= 15 is 0 Å². The summed E-state index contributed by atoms with van der Waals surface area (Å²) in [5.74, 6) is 0.784. The molecular formula is C17H20N2O5. The molecule has 128 valence electrons. The lowest BCUT2D eigenvalue weighted by Crippen LogP contribution is -2.25. The van der Waals surface area contributed by atoms with Gasteiger partial charge in [-0.15, -0.1) is 0 Å². The second-order valence-electron chi connectivity index (χ2n) is 4.97. The number of nitrogens with zero attached hydrogens (tertiary/aromatic N) is 1. The zero-order valence-corrected chi connectivity index (χ0v) is 13.8. The molecule has 0 radical (unpaired) electrons. The summed E-state index contributed by atoms with van der Waals surface area (Å²) in [6, 6.07) is 8.54. The minimum Gasteiger partial charge on any atom is -0.502 e. The monoisotopic (exact) mass is 332 g/mol. The Balaban J connectivity index is 2.01. The van der Waals surface area contributed by atoms with Gasteiger partial charge in [-0.05, 0) is 23.8 Å². The number of aromatic nitrogens is 1. The van der Waals surface area contributed by atoms with Crippen LogP contribution in [0.25, 0.3) is 0 Å². The van der Waals surface area contributed by atoms with E-state index in [1.807, 2.05) is 0 Å². The molecule has 0 bridgehead atoms. The topological polar surface area (TPSA) is 89.9 Å². The SMILES string of the molecule is COc1cccc(CC(=O)NCc2cc(OC)c(O)c(OC)c2)n1. The van der Waals surface area contributed by atoms with Gasteiger partial charge in [-0.25, -0.2) is 4.98 Å². The first-order valence-corrected chi connectivity index (χ1v) is 7.27. The van der Waals surface area contributed by atoms with Crippen molar-refractivity contribution in [2.75, 3.05) is 21.3 Å². The summed E-state index contributed by atoms with van der Waals surface area (Å²) in [7, 11) is 4.43. The second kappa shape index (κ2) is 8.05. The largest absolute Gasteiger partial charge is 0.502 e. The number of benzene rings is 1. The Morgan fingerprint density at radius 2 is 1.79 bits per heavy atom. The lowest BCUT2D eigenvalue weighted by molar-refractivity contribution is -0.120. The minimum absolute atomic E-state index is 0.0735. The summed E-state index contributed by atoms with van der Waals surface area (Å²) in [5, 5.41) is 12.7. The fraction of sp³-hybridized carbons (Fsp3) is 0.294. The Hall–Kier alpha value is -2.96. The zero-order valence-electron chi connectivity index (χ0n) is 13.8. The van der Waals surface area contributed by atoms with E-state index < -0.39 is 0 Å². The maximum absolute atomic E-state index is 12.1. The summed E-state index contributed by atoms with van der Waals surface area (Å²) in [4.78, 5) is 16.3. The molecule has 24 heavy (non-hydrogen) atoms. The van der Waals surface area contributed by atoms with Gasteiger partial charge in [0.25, 0.3) is 0 Å². The van der Waals surface area contributed by atoms with E-state index in [-0.39, 0.29) is 36.1 Å². The first-order chi connectivity index (χ1) is 11.6. The number of rotatable bonds is 7. The maximum atomic E-state index is 12.1. The van der Waals surface area contributed by atoms with Crippen molar-refractivity contribution in [3.05, 3.63) is 41.6 Å². The van der Waals surface area contributed by atoms with Crippen LogP contribution in [-0.4, -0.2) is 37.3 Å². The molecule has 0 fully saturated rings. The van der Waals surface area contributed by atoms with Gasteiger partial charge in [0.15, 0.2) is 11.5 Å². The van der Waals surface area contributed by atoms with E-state index in [2.05, 4.69) is 10.3 Å². The molecule has 0 spiro atoms. The van der Waals surface area contributed by atoms with Gasteiger partial charge >= 0.3 is 0 Å². The van der Waals surface area contributed by atoms with Gasteiger partial charge in [-0.3, -0.25) is 4.79 Å². The molecule has 2 rings (SSSR count). The van der Waals surface area contributed by atoms with Crippen LogP contribution in [0, 0.1) is 0 Å². The Morgan fingerprint density at radius 1 is 1.12 bits per heavy atom. The number of phenols is 1. The number of amides is 1. The molecule has 0 aliphatic heterocycles. The Labute approximate surface area is 140 Å². The summed E-state index contributed by atoms with van der Waals surface area (Å²) >= 11 is 0. The quantitative estimate of drug-likeness (QED) is 0.802. The highest BCUT2D eigenvalue weighted by Gasteiger charge is 2.12. The van der Waals surface area contributed by atoms with Gasteiger partial charge in [-0.2, -0.15) is 0 Å². The number of phenolic OH excluding ortho intramolecular Hbond substituents is 1. The molecule has 0 aliphatic carbocycles. The molecule has 1 heterocycles. The van der Waals surface area contributed by atoms with Crippen molar-refractivity contribution in [2.24, 2.45) is 0 Å². The van der Waals surface area contributed by atoms with Crippen LogP contribution in [0.3, 0.4) is 0 Å². The molecule has 0 saturated carbocycles. The van der Waals surface area contributed by atoms with Crippen LogP contribution in [-0.2, 0) is 17.8 Å². The van der Waals surface area contributed by atoms with Gasteiger partial charge in [0.1, 0.15) is 0 Å². The van der Waals surface area contributed by atoms with E-state index in [1.165, 1.54) is 21.3 Å². The van der Waals surface area contributed by atoms with E-state index in [4.69, 9.17) is 14.2 Å². The third-order valence-corrected chi connectivity index (χ3v) is 3.36. The smallest absolute Gasteiger partial charge is 0.226 e. The van der Waals surface area contributed by atoms with E-state index in [0.29, 0.717) is 11.6 Å². The highest BCUT2D eigenvalue weighted by Crippen LogP contribution is 2.36. The molecular weight excluding hydrogens is 312 g/mol. The average Bonchev–Trinajstić information content (AvgIpc) is 2.60. The number of nitrogens with one attached hydrogen (secondary N) is 1. The Morgan fingerprint density at radius 3 is 2.38 bits per heavy atom. The third-order valence-electron chi connectivity index (χ3n) is 3.36. The van der Waals surface area contributed by atoms with Crippen LogP contribution in [0.15, 0.2) is 30.3 Å². The predicted molar refractivity (Wildman–Crippen MR) is 87.6 cm³/mol. The van der Waals surface area contributed by atoms with Crippen molar-refractivity contribution in [1.82, 2.24) is 10.3 Å². The van der Waals surface area contributed by atoms with Gasteiger partial charge in [-0.1, -0.05) is 6.07 Å². The molecule has 0 atom stereocenters. The number of carbonyl (C=O) groups is 1. The number of pyridine rings is 1. The minimum atomic E-state index is -0.179. The van der Waals surface area contributed by atoms with Crippen LogP contribution >= 0.6 is 0 Å². The third kappa shape index (κ3) is 4.28. The second-order valence-corrected chi connectivity index (χ2v) is 4.97. The highest BCUT2D eigenvalue weighted by atomic mass is 16.5. The highest BCUT2D eigenvalue weighted by molar-refractivity contribution is 5.78. The number of methoxy groups -OCH3 is 3. The molecule has 1 aromatic heterocycles. The van der Waals surface area contributed by atoms with Crippen molar-refractivity contribution in [2.45, 2.75) is 13.0 Å². The molecule has 1 amide bonds. The molecule has 7 heteroatoms. The summed E-state index contributed by atoms with van der Waals surface area (Å²) in [6.45, 7) is 0.274. The fourth-order valence-electron chi connectivity index (χ4n) is 2.15. The molecule has 7 nitrogen and oxygen atoms in total. The molecule has 1 aromatic carbocycles. The summed E-state index contributed by atoms with van der Waals surface area (Å²) < 4.78 is 15.2. The van der Waals surface area contributed by atoms with Crippen molar-refractivity contribution >= 4 is 5.91 Å². The predicted octanol–water partition coefficient (Wildman–Crippen LogP) is 1.67. The van der Waals surface area contributed by atoms with Crippen molar-refractivity contribution in [3.63, 3.8) is 0 Å². The van der Waals surface area contributed by atoms with E-state index in [0.717, 1.165) is 5.56 Å². The van der Waals surface area contributed by atoms with Crippen LogP contribution in [0.1, 0.15) is 11.3 Å². The van der Waals surface area contributed by atoms with Crippen LogP contribution < -0.4 is 19.5 Å². The first-order valence-electron chi connectivity index (χ1n) is 7.27. The van der Waals surface area contributed by atoms with Gasteiger partial charge in [0.05, 0.1) is 33.4 Å². The number of aromatic hydroxyl groups is 1. The Kier molecular flexibility index (Phi) is 5.83. The zero-order chi connectivity index (χ0) is 17.5. The molecule has 2 N–H and O–H groups in total. The standard InChI is InChI=1S/C17H20N2O5/c1-22-13-7-11(8-14(23-2)17(13)21)10-18-15(20)9-12-5-4-6-16(19-12)24-3/h4-8,21H,9-10H2,1-3H3,(H,18,20). The lowest BCUT2D eigenvalue weighted by atomic mass is 10.1. The van der Waals surface area contributed by atoms with Gasteiger partial charge < -0.3 is 24.6 Å². The van der Waals surface area contributed by atoms with Crippen molar-refractivity contribution < 1.29 is 24.1 Å². The number of carbonyl (C=O) groups excluding carboxylic acids is 1. The van der Waals surface area contributed by atoms with Crippen LogP contribution in [0.4, 0.5) is 0 Å². The van der Waals surface area contributed by atoms with Crippen molar-refractivity contribution in [1.29, 1.82) is 0 Å². The number of ether oxygens (including phenoxy) is 3. The summed E-state index contributed by atoms with van der Waals surface area (Å²) in [5.41, 5.74) is 1.36. The first kappa shape index (κ1) is 17.4. The average molecular weight is 332 g/mol. The summed E-state index contributed by atoms with van der Waals surface area (Å²) in [6.07, 6.45) is 0.142. The van der Waals surface area contributed by atoms with E-state index in [9.17, 15) is 9.90 Å². The van der Waals surface area contributed by atoms with Gasteiger partial charge in [0.2, 0.25) is 17.5 Å². The number of hydrogen-bond acceptors (Lipinski definition) is 6. The molecule has 0 saturated heterocycles. The molecule has 2 aromatic rings. The molecule has 0 unspecified atom stereocenters. The number of hydrogen-bond donors (Lipinski definition) is 2. The molecule has 0 aliphatic rings. The van der Waals surface area contributed by atoms with Crippen LogP contribution in [0.5, 0.6) is 23.1 Å². The fourth-order valence-corrected chi connectivity index (χ4v) is 2.15. The lowest BCUT2D eigenvalue weighted by Gasteiger charge is -2.12. The van der Waals surface area contributed by atoms with E-state index in [1.54, 1.807) is 30.3 Å². The normalized spacial score (nSPS) is 10.1. The van der Waals surface area contributed by atoms with Crippen molar-refractivity contribution in [3.8, 4) is 23.1 Å². The van der Waals surface area contributed by atoms with Gasteiger partial charge in [0, 0.05) is 12.6 Å². The van der Waals surface area contributed by atoms with Crippen LogP contribution in [0.2, 0.25) is 0 Å².